The minimum absolute atomic E-state index is 0.637. The van der Waals surface area contributed by atoms with E-state index in [1.54, 1.807) is 0 Å². The maximum absolute atomic E-state index is 5.48. The summed E-state index contributed by atoms with van der Waals surface area (Å²) in [6.07, 6.45) is 3.61. The standard InChI is InChI=1S/C14H24N4O2/c1-2-8-20-14-11-13(16-12-17-14)15-4-3-5-18-6-9-19-10-7-18/h11-12H,2-10H2,1H3,(H,15,16,17). The highest BCUT2D eigenvalue weighted by Gasteiger charge is 2.09. The number of aromatic nitrogens is 2. The number of hydrogen-bond acceptors (Lipinski definition) is 6. The molecule has 6 nitrogen and oxygen atoms in total. The Morgan fingerprint density at radius 3 is 3.00 bits per heavy atom. The predicted octanol–water partition coefficient (Wildman–Crippen LogP) is 1.40. The quantitative estimate of drug-likeness (QED) is 0.726. The highest BCUT2D eigenvalue weighted by atomic mass is 16.5. The first-order valence-corrected chi connectivity index (χ1v) is 7.37. The number of nitrogens with zero attached hydrogens (tertiary/aromatic N) is 3. The molecule has 0 spiro atoms. The third-order valence-corrected chi connectivity index (χ3v) is 3.16. The molecule has 0 radical (unpaired) electrons. The normalized spacial score (nSPS) is 16.1. The van der Waals surface area contributed by atoms with E-state index in [1.165, 1.54) is 6.33 Å². The van der Waals surface area contributed by atoms with E-state index >= 15 is 0 Å². The Bertz CT molecular complexity index is 383. The number of morpholine rings is 1. The van der Waals surface area contributed by atoms with Gasteiger partial charge in [0.1, 0.15) is 12.1 Å². The number of anilines is 1. The molecule has 0 aromatic carbocycles. The SMILES string of the molecule is CCCOc1cc(NCCCN2CCOCC2)ncn1. The van der Waals surface area contributed by atoms with E-state index in [0.717, 1.165) is 58.1 Å². The Morgan fingerprint density at radius 2 is 2.20 bits per heavy atom. The van der Waals surface area contributed by atoms with Crippen molar-refractivity contribution in [1.29, 1.82) is 0 Å². The molecule has 0 unspecified atom stereocenters. The Labute approximate surface area is 120 Å². The lowest BCUT2D eigenvalue weighted by atomic mass is 10.3. The van der Waals surface area contributed by atoms with Crippen LogP contribution >= 0.6 is 0 Å². The van der Waals surface area contributed by atoms with Crippen molar-refractivity contribution in [2.24, 2.45) is 0 Å². The molecule has 1 aromatic rings. The van der Waals surface area contributed by atoms with E-state index < -0.39 is 0 Å². The zero-order valence-corrected chi connectivity index (χ0v) is 12.2. The fourth-order valence-electron chi connectivity index (χ4n) is 2.07. The lowest BCUT2D eigenvalue weighted by Crippen LogP contribution is -2.37. The van der Waals surface area contributed by atoms with Crippen LogP contribution in [0.2, 0.25) is 0 Å². The van der Waals surface area contributed by atoms with Gasteiger partial charge in [0, 0.05) is 25.7 Å². The van der Waals surface area contributed by atoms with Crippen LogP contribution in [0.3, 0.4) is 0 Å². The predicted molar refractivity (Wildman–Crippen MR) is 78.2 cm³/mol. The van der Waals surface area contributed by atoms with Gasteiger partial charge in [0.2, 0.25) is 5.88 Å². The summed E-state index contributed by atoms with van der Waals surface area (Å²) in [5.74, 6) is 1.46. The Kier molecular flexibility index (Phi) is 6.53. The molecular weight excluding hydrogens is 256 g/mol. The summed E-state index contributed by atoms with van der Waals surface area (Å²) >= 11 is 0. The van der Waals surface area contributed by atoms with Gasteiger partial charge < -0.3 is 14.8 Å². The molecule has 6 heteroatoms. The summed E-state index contributed by atoms with van der Waals surface area (Å²) in [5, 5.41) is 3.31. The molecule has 2 heterocycles. The van der Waals surface area contributed by atoms with Gasteiger partial charge in [-0.2, -0.15) is 0 Å². The fourth-order valence-corrected chi connectivity index (χ4v) is 2.07. The number of rotatable bonds is 8. The monoisotopic (exact) mass is 280 g/mol. The van der Waals surface area contributed by atoms with Crippen molar-refractivity contribution in [3.8, 4) is 5.88 Å². The molecule has 2 rings (SSSR count). The van der Waals surface area contributed by atoms with Crippen molar-refractivity contribution < 1.29 is 9.47 Å². The maximum atomic E-state index is 5.48. The number of ether oxygens (including phenoxy) is 2. The molecule has 0 atom stereocenters. The van der Waals surface area contributed by atoms with Crippen LogP contribution in [0, 0.1) is 0 Å². The minimum Gasteiger partial charge on any atom is -0.478 e. The van der Waals surface area contributed by atoms with Crippen LogP contribution < -0.4 is 10.1 Å². The van der Waals surface area contributed by atoms with Crippen LogP contribution in [0.1, 0.15) is 19.8 Å². The first-order chi connectivity index (χ1) is 9.88. The molecular formula is C14H24N4O2. The van der Waals surface area contributed by atoms with Crippen molar-refractivity contribution in [1.82, 2.24) is 14.9 Å². The van der Waals surface area contributed by atoms with Gasteiger partial charge in [-0.25, -0.2) is 9.97 Å². The van der Waals surface area contributed by atoms with Crippen molar-refractivity contribution in [2.45, 2.75) is 19.8 Å². The summed E-state index contributed by atoms with van der Waals surface area (Å²) < 4.78 is 10.8. The zero-order valence-electron chi connectivity index (χ0n) is 12.2. The molecule has 0 saturated carbocycles. The van der Waals surface area contributed by atoms with Gasteiger partial charge in [0.15, 0.2) is 0 Å². The van der Waals surface area contributed by atoms with E-state index in [2.05, 4.69) is 27.1 Å². The van der Waals surface area contributed by atoms with Crippen LogP contribution in [-0.2, 0) is 4.74 Å². The summed E-state index contributed by atoms with van der Waals surface area (Å²) in [5.41, 5.74) is 0. The van der Waals surface area contributed by atoms with Crippen molar-refractivity contribution >= 4 is 5.82 Å². The molecule has 1 N–H and O–H groups in total. The van der Waals surface area contributed by atoms with E-state index in [1.807, 2.05) is 6.07 Å². The molecule has 1 aliphatic heterocycles. The van der Waals surface area contributed by atoms with Crippen LogP contribution in [0.5, 0.6) is 5.88 Å². The lowest BCUT2D eigenvalue weighted by Gasteiger charge is -2.26. The van der Waals surface area contributed by atoms with E-state index in [0.29, 0.717) is 12.5 Å². The molecule has 112 valence electrons. The topological polar surface area (TPSA) is 59.5 Å². The third-order valence-electron chi connectivity index (χ3n) is 3.16. The van der Waals surface area contributed by atoms with Crippen LogP contribution in [0.25, 0.3) is 0 Å². The van der Waals surface area contributed by atoms with E-state index in [9.17, 15) is 0 Å². The van der Waals surface area contributed by atoms with Crippen LogP contribution in [0.15, 0.2) is 12.4 Å². The second-order valence-electron chi connectivity index (χ2n) is 4.82. The highest BCUT2D eigenvalue weighted by molar-refractivity contribution is 5.36. The highest BCUT2D eigenvalue weighted by Crippen LogP contribution is 2.11. The Morgan fingerprint density at radius 1 is 1.35 bits per heavy atom. The zero-order chi connectivity index (χ0) is 14.0. The Balaban J connectivity index is 1.65. The van der Waals surface area contributed by atoms with Gasteiger partial charge in [0.25, 0.3) is 0 Å². The number of hydrogen-bond donors (Lipinski definition) is 1. The van der Waals surface area contributed by atoms with Crippen LogP contribution in [-0.4, -0.2) is 60.9 Å². The third kappa shape index (κ3) is 5.30. The Hall–Kier alpha value is -1.40. The summed E-state index contributed by atoms with van der Waals surface area (Å²) in [4.78, 5) is 10.7. The lowest BCUT2D eigenvalue weighted by molar-refractivity contribution is 0.0378. The van der Waals surface area contributed by atoms with Crippen molar-refractivity contribution in [2.75, 3.05) is 51.3 Å². The minimum atomic E-state index is 0.637. The van der Waals surface area contributed by atoms with Gasteiger partial charge in [-0.3, -0.25) is 4.90 Å². The maximum Gasteiger partial charge on any atom is 0.218 e. The van der Waals surface area contributed by atoms with Gasteiger partial charge in [-0.05, 0) is 19.4 Å². The first kappa shape index (κ1) is 15.0. The van der Waals surface area contributed by atoms with Gasteiger partial charge >= 0.3 is 0 Å². The van der Waals surface area contributed by atoms with E-state index in [-0.39, 0.29) is 0 Å². The molecule has 1 saturated heterocycles. The van der Waals surface area contributed by atoms with Crippen LogP contribution in [0.4, 0.5) is 5.82 Å². The largest absolute Gasteiger partial charge is 0.478 e. The first-order valence-electron chi connectivity index (χ1n) is 7.37. The smallest absolute Gasteiger partial charge is 0.218 e. The summed E-state index contributed by atoms with van der Waals surface area (Å²) in [6.45, 7) is 8.57. The molecule has 0 bridgehead atoms. The fraction of sp³-hybridized carbons (Fsp3) is 0.714. The second-order valence-corrected chi connectivity index (χ2v) is 4.82. The molecule has 1 fully saturated rings. The van der Waals surface area contributed by atoms with E-state index in [4.69, 9.17) is 9.47 Å². The molecule has 1 aliphatic rings. The second kappa shape index (κ2) is 8.71. The average Bonchev–Trinajstić information content (AvgIpc) is 2.51. The van der Waals surface area contributed by atoms with Crippen molar-refractivity contribution in [3.63, 3.8) is 0 Å². The van der Waals surface area contributed by atoms with Gasteiger partial charge in [-0.15, -0.1) is 0 Å². The summed E-state index contributed by atoms with van der Waals surface area (Å²) in [6, 6.07) is 1.85. The summed E-state index contributed by atoms with van der Waals surface area (Å²) in [7, 11) is 0. The molecule has 20 heavy (non-hydrogen) atoms. The van der Waals surface area contributed by atoms with Gasteiger partial charge in [0.05, 0.1) is 19.8 Å². The molecule has 1 aromatic heterocycles. The molecule has 0 aliphatic carbocycles. The van der Waals surface area contributed by atoms with Crippen molar-refractivity contribution in [3.05, 3.63) is 12.4 Å². The molecule has 0 amide bonds. The van der Waals surface area contributed by atoms with Gasteiger partial charge in [-0.1, -0.05) is 6.92 Å². The number of nitrogens with one attached hydrogen (secondary N) is 1. The average molecular weight is 280 g/mol.